The Kier molecular flexibility index (Phi) is 9.06. The van der Waals surface area contributed by atoms with Crippen LogP contribution in [0.1, 0.15) is 36.8 Å². The second-order valence-electron chi connectivity index (χ2n) is 11.3. The summed E-state index contributed by atoms with van der Waals surface area (Å²) in [5.41, 5.74) is 5.13. The van der Waals surface area contributed by atoms with Crippen LogP contribution in [0.3, 0.4) is 0 Å². The van der Waals surface area contributed by atoms with Gasteiger partial charge in [0.25, 0.3) is 0 Å². The van der Waals surface area contributed by atoms with Crippen molar-refractivity contribution in [2.45, 2.75) is 44.3 Å². The first-order valence-corrected chi connectivity index (χ1v) is 15.2. The van der Waals surface area contributed by atoms with E-state index in [4.69, 9.17) is 0 Å². The van der Waals surface area contributed by atoms with Gasteiger partial charge in [-0.05, 0) is 60.6 Å². The molecule has 0 radical (unpaired) electrons. The first kappa shape index (κ1) is 30.1. The Balaban J connectivity index is 1.18. The third kappa shape index (κ3) is 6.92. The average Bonchev–Trinajstić information content (AvgIpc) is 3.10. The van der Waals surface area contributed by atoms with Gasteiger partial charge < -0.3 is 15.2 Å². The predicted octanol–water partition coefficient (Wildman–Crippen LogP) is 5.31. The van der Waals surface area contributed by atoms with Crippen molar-refractivity contribution in [3.05, 3.63) is 119 Å². The maximum Gasteiger partial charge on any atom is 0.322 e. The van der Waals surface area contributed by atoms with Gasteiger partial charge in [-0.2, -0.15) is 5.26 Å². The molecule has 46 heavy (non-hydrogen) atoms. The number of amides is 2. The highest BCUT2D eigenvalue weighted by Gasteiger charge is 2.30. The fourth-order valence-corrected chi connectivity index (χ4v) is 5.77. The number of nitrogens with zero attached hydrogens (tertiary/aromatic N) is 7. The van der Waals surface area contributed by atoms with E-state index in [1.807, 2.05) is 71.8 Å². The molecule has 5 aromatic rings. The number of carbonyl (C=O) groups is 1. The van der Waals surface area contributed by atoms with Crippen LogP contribution in [0.5, 0.6) is 0 Å². The minimum absolute atomic E-state index is 0.0175. The summed E-state index contributed by atoms with van der Waals surface area (Å²) in [5, 5.41) is 16.1. The van der Waals surface area contributed by atoms with Gasteiger partial charge in [0, 0.05) is 61.6 Å². The molecular weight excluding hydrogens is 578 g/mol. The smallest absolute Gasteiger partial charge is 0.322 e. The normalized spacial score (nSPS) is 15.8. The molecule has 11 heteroatoms. The predicted molar refractivity (Wildman–Crippen MR) is 176 cm³/mol. The maximum absolute atomic E-state index is 13.8. The lowest BCUT2D eigenvalue weighted by Gasteiger charge is -2.37. The van der Waals surface area contributed by atoms with Crippen LogP contribution in [0.25, 0.3) is 22.4 Å². The lowest BCUT2D eigenvalue weighted by molar-refractivity contribution is 0.240. The Morgan fingerprint density at radius 3 is 2.35 bits per heavy atom. The van der Waals surface area contributed by atoms with E-state index in [1.165, 1.54) is 12.5 Å². The van der Waals surface area contributed by atoms with Gasteiger partial charge in [-0.15, -0.1) is 0 Å². The molecule has 0 saturated heterocycles. The molecular formula is C35H33N9O2. The van der Waals surface area contributed by atoms with Crippen molar-refractivity contribution in [2.24, 2.45) is 7.05 Å². The van der Waals surface area contributed by atoms with Crippen molar-refractivity contribution < 1.29 is 4.79 Å². The molecule has 2 N–H and O–H groups in total. The second-order valence-corrected chi connectivity index (χ2v) is 11.3. The number of hydrogen-bond donors (Lipinski definition) is 2. The highest BCUT2D eigenvalue weighted by molar-refractivity contribution is 5.93. The van der Waals surface area contributed by atoms with Crippen LogP contribution in [0, 0.1) is 11.3 Å². The molecule has 1 aliphatic carbocycles. The summed E-state index contributed by atoms with van der Waals surface area (Å²) >= 11 is 0. The number of anilines is 2. The first-order chi connectivity index (χ1) is 22.5. The quantitative estimate of drug-likeness (QED) is 0.240. The molecule has 0 spiro atoms. The van der Waals surface area contributed by atoms with Crippen LogP contribution in [0.15, 0.2) is 103 Å². The zero-order valence-corrected chi connectivity index (χ0v) is 25.4. The molecule has 3 aromatic heterocycles. The van der Waals surface area contributed by atoms with Crippen LogP contribution in [-0.4, -0.2) is 42.6 Å². The number of hydrogen-bond acceptors (Lipinski definition) is 8. The van der Waals surface area contributed by atoms with Crippen molar-refractivity contribution in [1.29, 1.82) is 5.26 Å². The van der Waals surface area contributed by atoms with Crippen molar-refractivity contribution in [3.8, 4) is 28.5 Å². The molecule has 6 rings (SSSR count). The average molecular weight is 612 g/mol. The number of aryl methyl sites for hydroxylation is 1. The third-order valence-electron chi connectivity index (χ3n) is 8.21. The number of pyridine rings is 1. The van der Waals surface area contributed by atoms with Gasteiger partial charge in [-0.1, -0.05) is 42.5 Å². The van der Waals surface area contributed by atoms with Gasteiger partial charge >= 0.3 is 6.03 Å². The number of rotatable bonds is 8. The van der Waals surface area contributed by atoms with E-state index in [0.717, 1.165) is 48.1 Å². The lowest BCUT2D eigenvalue weighted by atomic mass is 9.90. The number of urea groups is 1. The summed E-state index contributed by atoms with van der Waals surface area (Å²) in [6.45, 7) is 0.425. The van der Waals surface area contributed by atoms with Crippen LogP contribution in [-0.2, 0) is 13.6 Å². The zero-order chi connectivity index (χ0) is 31.9. The minimum Gasteiger partial charge on any atom is -0.351 e. The molecule has 0 aliphatic heterocycles. The molecule has 2 aromatic carbocycles. The van der Waals surface area contributed by atoms with Crippen LogP contribution >= 0.6 is 0 Å². The topological polar surface area (TPSA) is 142 Å². The Labute approximate surface area is 266 Å². The van der Waals surface area contributed by atoms with E-state index < -0.39 is 0 Å². The molecule has 1 aliphatic rings. The Hall–Kier alpha value is -5.89. The minimum atomic E-state index is -0.153. The van der Waals surface area contributed by atoms with Crippen LogP contribution in [0.2, 0.25) is 0 Å². The molecule has 1 saturated carbocycles. The molecule has 1 fully saturated rings. The largest absolute Gasteiger partial charge is 0.351 e. The number of carbonyl (C=O) groups excluding carboxylic acids is 1. The summed E-state index contributed by atoms with van der Waals surface area (Å²) in [4.78, 5) is 44.6. The lowest BCUT2D eigenvalue weighted by Crippen LogP contribution is -2.48. The second kappa shape index (κ2) is 13.8. The first-order valence-electron chi connectivity index (χ1n) is 15.2. The molecule has 11 nitrogen and oxygen atoms in total. The monoisotopic (exact) mass is 611 g/mol. The maximum atomic E-state index is 13.8. The van der Waals surface area contributed by atoms with E-state index in [9.17, 15) is 14.9 Å². The van der Waals surface area contributed by atoms with Gasteiger partial charge in [-0.25, -0.2) is 24.7 Å². The Morgan fingerprint density at radius 1 is 0.935 bits per heavy atom. The molecule has 0 bridgehead atoms. The summed E-state index contributed by atoms with van der Waals surface area (Å²) in [6.07, 6.45) is 11.1. The van der Waals surface area contributed by atoms with E-state index in [2.05, 4.69) is 36.6 Å². The van der Waals surface area contributed by atoms with E-state index in [-0.39, 0.29) is 23.7 Å². The molecule has 0 unspecified atom stereocenters. The number of benzene rings is 2. The molecule has 2 amide bonds. The molecule has 230 valence electrons. The standard InChI is InChI=1S/C35H33N9O2/c1-43-22-26(9-16-32(43)45)25-7-12-30(13-8-25)44(35(46)40-18-24-5-3-2-4-6-24)31-14-10-29(11-15-31)41-34-39-21-27(17-36)33(42-34)28-19-37-23-38-20-28/h2-9,12-13,16,19-23,29,31H,10-11,14-15,18H2,1H3,(H,40,46)(H,39,41,42)/t29-,31+. The van der Waals surface area contributed by atoms with Crippen molar-refractivity contribution >= 4 is 17.7 Å². The van der Waals surface area contributed by atoms with E-state index in [1.54, 1.807) is 30.1 Å². The van der Waals surface area contributed by atoms with Crippen LogP contribution < -0.4 is 21.1 Å². The zero-order valence-electron chi connectivity index (χ0n) is 25.4. The number of aromatic nitrogens is 5. The summed E-state index contributed by atoms with van der Waals surface area (Å²) in [5.74, 6) is 0.438. The SMILES string of the molecule is Cn1cc(-c2ccc(N(C(=O)NCc3ccccc3)[C@H]3CC[C@@H](Nc4ncc(C#N)c(-c5cncnc5)n4)CC3)cc2)ccc1=O. The van der Waals surface area contributed by atoms with Gasteiger partial charge in [0.15, 0.2) is 0 Å². The van der Waals surface area contributed by atoms with Gasteiger partial charge in [0.2, 0.25) is 11.5 Å². The summed E-state index contributed by atoms with van der Waals surface area (Å²) in [6, 6.07) is 23.2. The van der Waals surface area contributed by atoms with Crippen LogP contribution in [0.4, 0.5) is 16.4 Å². The fraction of sp³-hybridized carbons (Fsp3) is 0.229. The van der Waals surface area contributed by atoms with E-state index >= 15 is 0 Å². The number of nitrogens with one attached hydrogen (secondary N) is 2. The highest BCUT2D eigenvalue weighted by Crippen LogP contribution is 2.31. The van der Waals surface area contributed by atoms with Gasteiger partial charge in [0.05, 0.1) is 17.5 Å². The number of nitriles is 1. The van der Waals surface area contributed by atoms with Crippen molar-refractivity contribution in [2.75, 3.05) is 10.2 Å². The van der Waals surface area contributed by atoms with Crippen molar-refractivity contribution in [1.82, 2.24) is 29.8 Å². The fourth-order valence-electron chi connectivity index (χ4n) is 5.77. The van der Waals surface area contributed by atoms with E-state index in [0.29, 0.717) is 29.3 Å². The Morgan fingerprint density at radius 2 is 1.65 bits per heavy atom. The third-order valence-corrected chi connectivity index (χ3v) is 8.21. The molecule has 3 heterocycles. The van der Waals surface area contributed by atoms with Gasteiger partial charge in [0.1, 0.15) is 12.4 Å². The van der Waals surface area contributed by atoms with Gasteiger partial charge in [-0.3, -0.25) is 9.69 Å². The van der Waals surface area contributed by atoms with Crippen molar-refractivity contribution in [3.63, 3.8) is 0 Å². The summed E-state index contributed by atoms with van der Waals surface area (Å²) in [7, 11) is 1.73. The molecule has 0 atom stereocenters. The Bertz CT molecular complexity index is 1900. The highest BCUT2D eigenvalue weighted by atomic mass is 16.2. The summed E-state index contributed by atoms with van der Waals surface area (Å²) < 4.78 is 1.55.